The summed E-state index contributed by atoms with van der Waals surface area (Å²) >= 11 is 13.6. The molecule has 0 aliphatic rings. The number of amides is 1. The highest BCUT2D eigenvalue weighted by atomic mass is 127. The molecule has 1 atom stereocenters. The molecule has 1 rings (SSSR count). The van der Waals surface area contributed by atoms with Crippen molar-refractivity contribution in [1.82, 2.24) is 5.32 Å². The summed E-state index contributed by atoms with van der Waals surface area (Å²) in [5, 5.41) is 3.21. The summed E-state index contributed by atoms with van der Waals surface area (Å²) in [4.78, 5) is 11.7. The Labute approximate surface area is 112 Å². The van der Waals surface area contributed by atoms with E-state index >= 15 is 0 Å². The summed E-state index contributed by atoms with van der Waals surface area (Å²) in [6, 6.07) is 5.21. The second-order valence-corrected chi connectivity index (χ2v) is 5.46. The number of carbonyl (C=O) groups is 1. The molecule has 1 N–H and O–H groups in total. The molecule has 0 fully saturated rings. The van der Waals surface area contributed by atoms with Crippen LogP contribution in [0.15, 0.2) is 18.2 Å². The van der Waals surface area contributed by atoms with E-state index in [2.05, 4.69) is 27.9 Å². The lowest BCUT2D eigenvalue weighted by Crippen LogP contribution is -2.29. The topological polar surface area (TPSA) is 29.1 Å². The van der Waals surface area contributed by atoms with Gasteiger partial charge in [-0.05, 0) is 47.7 Å². The van der Waals surface area contributed by atoms with Gasteiger partial charge < -0.3 is 5.32 Å². The minimum Gasteiger partial charge on any atom is -0.351 e. The molecule has 0 saturated carbocycles. The van der Waals surface area contributed by atoms with Gasteiger partial charge in [-0.25, -0.2) is 0 Å². The molecule has 82 valence electrons. The van der Waals surface area contributed by atoms with Crippen molar-refractivity contribution in [2.75, 3.05) is 6.54 Å². The van der Waals surface area contributed by atoms with E-state index in [0.717, 1.165) is 3.57 Å². The maximum Gasteiger partial charge on any atom is 0.252 e. The van der Waals surface area contributed by atoms with Crippen LogP contribution in [0.5, 0.6) is 0 Å². The second-order valence-electron chi connectivity index (χ2n) is 3.11. The SMILES string of the molecule is CC(Cl)CNC(=O)c1cc(Cl)ccc1I. The van der Waals surface area contributed by atoms with Crippen molar-refractivity contribution in [1.29, 1.82) is 0 Å². The molecule has 0 aliphatic carbocycles. The molecule has 0 heterocycles. The highest BCUT2D eigenvalue weighted by Crippen LogP contribution is 2.17. The largest absolute Gasteiger partial charge is 0.351 e. The number of carbonyl (C=O) groups excluding carboxylic acids is 1. The number of nitrogens with one attached hydrogen (secondary N) is 1. The van der Waals surface area contributed by atoms with Gasteiger partial charge in [-0.3, -0.25) is 4.79 Å². The van der Waals surface area contributed by atoms with Crippen LogP contribution in [0.1, 0.15) is 17.3 Å². The Morgan fingerprint density at radius 3 is 2.87 bits per heavy atom. The molecule has 0 saturated heterocycles. The summed E-state index contributed by atoms with van der Waals surface area (Å²) in [6.07, 6.45) is 0. The lowest BCUT2D eigenvalue weighted by molar-refractivity contribution is 0.0953. The van der Waals surface area contributed by atoms with E-state index in [-0.39, 0.29) is 11.3 Å². The zero-order valence-electron chi connectivity index (χ0n) is 8.06. The van der Waals surface area contributed by atoms with Gasteiger partial charge in [0, 0.05) is 20.5 Å². The Kier molecular flexibility index (Phi) is 5.15. The summed E-state index contributed by atoms with van der Waals surface area (Å²) in [5.74, 6) is -0.144. The smallest absolute Gasteiger partial charge is 0.252 e. The Hall–Kier alpha value is -0.000000000000000111. The van der Waals surface area contributed by atoms with Crippen LogP contribution < -0.4 is 5.32 Å². The van der Waals surface area contributed by atoms with Gasteiger partial charge in [0.2, 0.25) is 0 Å². The molecule has 1 aromatic carbocycles. The van der Waals surface area contributed by atoms with E-state index in [1.165, 1.54) is 0 Å². The Bertz CT molecular complexity index is 368. The van der Waals surface area contributed by atoms with Crippen molar-refractivity contribution >= 4 is 51.7 Å². The van der Waals surface area contributed by atoms with Crippen molar-refractivity contribution in [2.24, 2.45) is 0 Å². The first-order chi connectivity index (χ1) is 7.00. The number of halogens is 3. The second kappa shape index (κ2) is 5.92. The maximum atomic E-state index is 11.7. The number of hydrogen-bond acceptors (Lipinski definition) is 1. The van der Waals surface area contributed by atoms with Crippen molar-refractivity contribution in [3.63, 3.8) is 0 Å². The van der Waals surface area contributed by atoms with Gasteiger partial charge in [0.15, 0.2) is 0 Å². The van der Waals surface area contributed by atoms with Crippen molar-refractivity contribution in [3.05, 3.63) is 32.4 Å². The molecular formula is C10H10Cl2INO. The lowest BCUT2D eigenvalue weighted by Gasteiger charge is -2.08. The normalized spacial score (nSPS) is 12.3. The van der Waals surface area contributed by atoms with Crippen LogP contribution in [0, 0.1) is 3.57 Å². The number of benzene rings is 1. The third-order valence-corrected chi connectivity index (χ3v) is 3.05. The highest BCUT2D eigenvalue weighted by molar-refractivity contribution is 14.1. The van der Waals surface area contributed by atoms with Crippen LogP contribution in [-0.4, -0.2) is 17.8 Å². The molecule has 1 aromatic rings. The number of hydrogen-bond donors (Lipinski definition) is 1. The Balaban J connectivity index is 2.77. The molecule has 15 heavy (non-hydrogen) atoms. The van der Waals surface area contributed by atoms with E-state index < -0.39 is 0 Å². The van der Waals surface area contributed by atoms with Gasteiger partial charge in [0.05, 0.1) is 5.56 Å². The van der Waals surface area contributed by atoms with E-state index in [9.17, 15) is 4.79 Å². The van der Waals surface area contributed by atoms with Crippen LogP contribution in [0.4, 0.5) is 0 Å². The molecule has 1 unspecified atom stereocenters. The highest BCUT2D eigenvalue weighted by Gasteiger charge is 2.10. The molecule has 5 heteroatoms. The molecular weight excluding hydrogens is 348 g/mol. The summed E-state index contributed by atoms with van der Waals surface area (Å²) in [6.45, 7) is 2.27. The van der Waals surface area contributed by atoms with E-state index in [0.29, 0.717) is 17.1 Å². The Morgan fingerprint density at radius 1 is 1.60 bits per heavy atom. The molecule has 0 aliphatic heterocycles. The Morgan fingerprint density at radius 2 is 2.27 bits per heavy atom. The minimum absolute atomic E-state index is 0.0780. The summed E-state index contributed by atoms with van der Waals surface area (Å²) in [5.41, 5.74) is 0.584. The van der Waals surface area contributed by atoms with Gasteiger partial charge >= 0.3 is 0 Å². The first kappa shape index (κ1) is 13.1. The first-order valence-corrected chi connectivity index (χ1v) is 6.27. The van der Waals surface area contributed by atoms with Crippen molar-refractivity contribution in [3.8, 4) is 0 Å². The third-order valence-electron chi connectivity index (χ3n) is 1.72. The fraction of sp³-hybridized carbons (Fsp3) is 0.300. The fourth-order valence-electron chi connectivity index (χ4n) is 1.00. The molecule has 0 bridgehead atoms. The standard InChI is InChI=1S/C10H10Cl2INO/c1-6(11)5-14-10(15)8-4-7(12)2-3-9(8)13/h2-4,6H,5H2,1H3,(H,14,15). The quantitative estimate of drug-likeness (QED) is 0.652. The lowest BCUT2D eigenvalue weighted by atomic mass is 10.2. The van der Waals surface area contributed by atoms with Crippen molar-refractivity contribution < 1.29 is 4.79 Å². The molecule has 2 nitrogen and oxygen atoms in total. The number of rotatable bonds is 3. The van der Waals surface area contributed by atoms with Gasteiger partial charge in [-0.2, -0.15) is 0 Å². The average Bonchev–Trinajstić information content (AvgIpc) is 2.18. The van der Waals surface area contributed by atoms with Gasteiger partial charge in [0.1, 0.15) is 0 Å². The number of alkyl halides is 1. The van der Waals surface area contributed by atoms with Gasteiger partial charge in [-0.15, -0.1) is 11.6 Å². The van der Waals surface area contributed by atoms with Crippen LogP contribution >= 0.6 is 45.8 Å². The molecule has 0 spiro atoms. The van der Waals surface area contributed by atoms with Crippen LogP contribution in [0.25, 0.3) is 0 Å². The predicted molar refractivity (Wildman–Crippen MR) is 71.8 cm³/mol. The van der Waals surface area contributed by atoms with Crippen LogP contribution in [0.3, 0.4) is 0 Å². The zero-order chi connectivity index (χ0) is 11.4. The summed E-state index contributed by atoms with van der Waals surface area (Å²) in [7, 11) is 0. The maximum absolute atomic E-state index is 11.7. The van der Waals surface area contributed by atoms with Crippen molar-refractivity contribution in [2.45, 2.75) is 12.3 Å². The van der Waals surface area contributed by atoms with Crippen LogP contribution in [0.2, 0.25) is 5.02 Å². The van der Waals surface area contributed by atoms with E-state index in [4.69, 9.17) is 23.2 Å². The third kappa shape index (κ3) is 4.17. The molecule has 1 amide bonds. The van der Waals surface area contributed by atoms with E-state index in [1.54, 1.807) is 12.1 Å². The first-order valence-electron chi connectivity index (χ1n) is 4.38. The molecule has 0 radical (unpaired) electrons. The average molecular weight is 358 g/mol. The van der Waals surface area contributed by atoms with Gasteiger partial charge in [0.25, 0.3) is 5.91 Å². The van der Waals surface area contributed by atoms with Crippen LogP contribution in [-0.2, 0) is 0 Å². The molecule has 0 aromatic heterocycles. The van der Waals surface area contributed by atoms with E-state index in [1.807, 2.05) is 13.0 Å². The fourth-order valence-corrected chi connectivity index (χ4v) is 1.83. The minimum atomic E-state index is -0.144. The monoisotopic (exact) mass is 357 g/mol. The zero-order valence-corrected chi connectivity index (χ0v) is 11.7. The predicted octanol–water partition coefficient (Wildman–Crippen LogP) is 3.30. The summed E-state index contributed by atoms with van der Waals surface area (Å²) < 4.78 is 0.872. The van der Waals surface area contributed by atoms with Gasteiger partial charge in [-0.1, -0.05) is 11.6 Å².